The molecule has 0 saturated carbocycles. The maximum atomic E-state index is 11.3. The first-order valence-corrected chi connectivity index (χ1v) is 10.7. The summed E-state index contributed by atoms with van der Waals surface area (Å²) in [6, 6.07) is 6.57. The summed E-state index contributed by atoms with van der Waals surface area (Å²) in [4.78, 5) is 8.91. The van der Waals surface area contributed by atoms with Gasteiger partial charge in [-0.15, -0.1) is 11.3 Å². The van der Waals surface area contributed by atoms with Crippen LogP contribution in [0, 0.1) is 0 Å². The molecule has 26 heavy (non-hydrogen) atoms. The predicted octanol–water partition coefficient (Wildman–Crippen LogP) is 1.82. The summed E-state index contributed by atoms with van der Waals surface area (Å²) in [6.45, 7) is 5.55. The number of hydrogen-bond donors (Lipinski definition) is 3. The molecule has 4 N–H and O–H groups in total. The minimum Gasteiger partial charge on any atom is -0.356 e. The standard InChI is InChI=1S/C17H25N5O2S2/c1-12(2)15-11-25-16(22-15)10-21-17(19-3)20-9-8-13-4-6-14(7-5-13)26(18,23)24/h4-7,11-12H,8-10H2,1-3H3,(H2,18,23,24)(H2,19,20,21). The average Bonchev–Trinajstić information content (AvgIpc) is 3.07. The number of sulfonamides is 1. The average molecular weight is 396 g/mol. The van der Waals surface area contributed by atoms with Crippen LogP contribution in [0.25, 0.3) is 0 Å². The van der Waals surface area contributed by atoms with E-state index >= 15 is 0 Å². The van der Waals surface area contributed by atoms with Crippen LogP contribution in [-0.4, -0.2) is 33.0 Å². The number of rotatable bonds is 7. The van der Waals surface area contributed by atoms with E-state index in [1.54, 1.807) is 30.5 Å². The van der Waals surface area contributed by atoms with E-state index in [-0.39, 0.29) is 4.90 Å². The Morgan fingerprint density at radius 1 is 1.27 bits per heavy atom. The number of hydrogen-bond acceptors (Lipinski definition) is 5. The zero-order chi connectivity index (χ0) is 19.2. The predicted molar refractivity (Wildman–Crippen MR) is 106 cm³/mol. The molecule has 0 radical (unpaired) electrons. The summed E-state index contributed by atoms with van der Waals surface area (Å²) < 4.78 is 22.5. The van der Waals surface area contributed by atoms with E-state index in [4.69, 9.17) is 5.14 Å². The molecule has 0 unspecified atom stereocenters. The van der Waals surface area contributed by atoms with Crippen molar-refractivity contribution in [3.63, 3.8) is 0 Å². The van der Waals surface area contributed by atoms with Crippen LogP contribution >= 0.6 is 11.3 Å². The lowest BCUT2D eigenvalue weighted by molar-refractivity contribution is 0.598. The summed E-state index contributed by atoms with van der Waals surface area (Å²) in [6.07, 6.45) is 0.736. The fourth-order valence-electron chi connectivity index (χ4n) is 2.22. The van der Waals surface area contributed by atoms with Gasteiger partial charge in [0.05, 0.1) is 17.1 Å². The third kappa shape index (κ3) is 6.08. The molecule has 0 spiro atoms. The van der Waals surface area contributed by atoms with Crippen molar-refractivity contribution in [1.29, 1.82) is 0 Å². The highest BCUT2D eigenvalue weighted by Gasteiger charge is 2.08. The lowest BCUT2D eigenvalue weighted by Gasteiger charge is -2.11. The zero-order valence-electron chi connectivity index (χ0n) is 15.2. The number of nitrogens with one attached hydrogen (secondary N) is 2. The molecule has 7 nitrogen and oxygen atoms in total. The van der Waals surface area contributed by atoms with Crippen molar-refractivity contribution in [2.75, 3.05) is 13.6 Å². The first kappa shape index (κ1) is 20.3. The van der Waals surface area contributed by atoms with Crippen LogP contribution in [0.15, 0.2) is 39.5 Å². The van der Waals surface area contributed by atoms with Gasteiger partial charge in [0.2, 0.25) is 10.0 Å². The molecule has 1 aromatic heterocycles. The summed E-state index contributed by atoms with van der Waals surface area (Å²) in [7, 11) is -1.92. The molecule has 1 aromatic carbocycles. The van der Waals surface area contributed by atoms with Crippen LogP contribution in [0.1, 0.15) is 36.0 Å². The zero-order valence-corrected chi connectivity index (χ0v) is 16.8. The SMILES string of the molecule is CN=C(NCCc1ccc(S(N)(=O)=O)cc1)NCc1nc(C(C)C)cs1. The van der Waals surface area contributed by atoms with Crippen LogP contribution in [0.3, 0.4) is 0 Å². The highest BCUT2D eigenvalue weighted by Crippen LogP contribution is 2.17. The Labute approximate surface area is 158 Å². The van der Waals surface area contributed by atoms with Crippen LogP contribution in [0.2, 0.25) is 0 Å². The molecule has 0 aliphatic carbocycles. The van der Waals surface area contributed by atoms with Crippen molar-refractivity contribution < 1.29 is 8.42 Å². The lowest BCUT2D eigenvalue weighted by Crippen LogP contribution is -2.37. The third-order valence-corrected chi connectivity index (χ3v) is 5.55. The van der Waals surface area contributed by atoms with Crippen molar-refractivity contribution in [2.24, 2.45) is 10.1 Å². The molecule has 0 aliphatic rings. The van der Waals surface area contributed by atoms with Gasteiger partial charge in [-0.3, -0.25) is 4.99 Å². The quantitative estimate of drug-likeness (QED) is 0.489. The van der Waals surface area contributed by atoms with Crippen molar-refractivity contribution in [3.8, 4) is 0 Å². The third-order valence-electron chi connectivity index (χ3n) is 3.75. The Hall–Kier alpha value is -1.97. The van der Waals surface area contributed by atoms with E-state index in [9.17, 15) is 8.42 Å². The van der Waals surface area contributed by atoms with Crippen LogP contribution in [-0.2, 0) is 23.0 Å². The molecule has 1 heterocycles. The van der Waals surface area contributed by atoms with E-state index < -0.39 is 10.0 Å². The van der Waals surface area contributed by atoms with Crippen LogP contribution in [0.4, 0.5) is 0 Å². The smallest absolute Gasteiger partial charge is 0.238 e. The second-order valence-electron chi connectivity index (χ2n) is 6.11. The van der Waals surface area contributed by atoms with Gasteiger partial charge < -0.3 is 10.6 Å². The highest BCUT2D eigenvalue weighted by molar-refractivity contribution is 7.89. The second kappa shape index (κ2) is 9.11. The monoisotopic (exact) mass is 395 g/mol. The van der Waals surface area contributed by atoms with E-state index in [1.165, 1.54) is 12.1 Å². The molecule has 2 rings (SSSR count). The molecular formula is C17H25N5O2S2. The number of primary sulfonamides is 1. The van der Waals surface area contributed by atoms with E-state index in [2.05, 4.69) is 39.8 Å². The summed E-state index contributed by atoms with van der Waals surface area (Å²) in [5.74, 6) is 1.13. The second-order valence-corrected chi connectivity index (χ2v) is 8.62. The minimum atomic E-state index is -3.64. The molecular weight excluding hydrogens is 370 g/mol. The van der Waals surface area contributed by atoms with Crippen LogP contribution in [0.5, 0.6) is 0 Å². The first-order valence-electron chi connectivity index (χ1n) is 8.30. The Bertz CT molecular complexity index is 842. The lowest BCUT2D eigenvalue weighted by atomic mass is 10.1. The maximum Gasteiger partial charge on any atom is 0.238 e. The van der Waals surface area contributed by atoms with Gasteiger partial charge in [-0.1, -0.05) is 26.0 Å². The normalized spacial score (nSPS) is 12.4. The van der Waals surface area contributed by atoms with E-state index in [1.807, 2.05) is 0 Å². The molecule has 0 bridgehead atoms. The van der Waals surface area contributed by atoms with Gasteiger partial charge in [0.15, 0.2) is 5.96 Å². The van der Waals surface area contributed by atoms with E-state index in [0.29, 0.717) is 25.0 Å². The van der Waals surface area contributed by atoms with E-state index in [0.717, 1.165) is 22.7 Å². The van der Waals surface area contributed by atoms with Gasteiger partial charge in [0.25, 0.3) is 0 Å². The molecule has 2 aromatic rings. The molecule has 0 atom stereocenters. The van der Waals surface area contributed by atoms with Gasteiger partial charge in [-0.25, -0.2) is 18.5 Å². The maximum absolute atomic E-state index is 11.3. The molecule has 142 valence electrons. The number of aliphatic imine (C=N–C) groups is 1. The van der Waals surface area contributed by atoms with Crippen molar-refractivity contribution >= 4 is 27.3 Å². The first-order chi connectivity index (χ1) is 12.3. The van der Waals surface area contributed by atoms with Crippen molar-refractivity contribution in [2.45, 2.75) is 37.6 Å². The number of thiazole rings is 1. The molecule has 0 amide bonds. The molecule has 0 aliphatic heterocycles. The number of nitrogens with two attached hydrogens (primary N) is 1. The number of benzene rings is 1. The number of guanidine groups is 1. The Kier molecular flexibility index (Phi) is 7.13. The topological polar surface area (TPSA) is 109 Å². The Balaban J connectivity index is 1.79. The fraction of sp³-hybridized carbons (Fsp3) is 0.412. The van der Waals surface area contributed by atoms with Gasteiger partial charge in [0.1, 0.15) is 5.01 Å². The molecule has 0 saturated heterocycles. The molecule has 0 fully saturated rings. The van der Waals surface area contributed by atoms with Gasteiger partial charge in [-0.05, 0) is 30.0 Å². The van der Waals surface area contributed by atoms with Crippen molar-refractivity contribution in [3.05, 3.63) is 45.9 Å². The minimum absolute atomic E-state index is 0.121. The summed E-state index contributed by atoms with van der Waals surface area (Å²) in [5.41, 5.74) is 2.12. The van der Waals surface area contributed by atoms with Crippen molar-refractivity contribution in [1.82, 2.24) is 15.6 Å². The highest BCUT2D eigenvalue weighted by atomic mass is 32.2. The Morgan fingerprint density at radius 3 is 2.50 bits per heavy atom. The summed E-state index contributed by atoms with van der Waals surface area (Å²) in [5, 5.41) is 14.7. The van der Waals surface area contributed by atoms with Gasteiger partial charge >= 0.3 is 0 Å². The fourth-order valence-corrected chi connectivity index (χ4v) is 3.63. The van der Waals surface area contributed by atoms with Gasteiger partial charge in [-0.2, -0.15) is 0 Å². The number of nitrogens with zero attached hydrogens (tertiary/aromatic N) is 2. The molecule has 9 heteroatoms. The summed E-state index contributed by atoms with van der Waals surface area (Å²) >= 11 is 1.64. The number of aromatic nitrogens is 1. The largest absolute Gasteiger partial charge is 0.356 e. The van der Waals surface area contributed by atoms with Crippen LogP contribution < -0.4 is 15.8 Å². The van der Waals surface area contributed by atoms with Gasteiger partial charge in [0, 0.05) is 19.0 Å². The Morgan fingerprint density at radius 2 is 1.96 bits per heavy atom.